The van der Waals surface area contributed by atoms with E-state index in [0.29, 0.717) is 48.1 Å². The Hall–Kier alpha value is -4.37. The molecule has 0 radical (unpaired) electrons. The highest BCUT2D eigenvalue weighted by Gasteiger charge is 2.43. The normalized spacial score (nSPS) is 16.8. The van der Waals surface area contributed by atoms with Gasteiger partial charge in [0.1, 0.15) is 0 Å². The molecule has 0 aromatic heterocycles. The number of anilines is 1. The number of amides is 3. The summed E-state index contributed by atoms with van der Waals surface area (Å²) in [6.07, 6.45) is 3.99. The average molecular weight is 655 g/mol. The lowest BCUT2D eigenvalue weighted by Gasteiger charge is -2.39. The maximum absolute atomic E-state index is 14.4. The minimum atomic E-state index is -0.553. The van der Waals surface area contributed by atoms with E-state index in [9.17, 15) is 14.4 Å². The van der Waals surface area contributed by atoms with Crippen molar-refractivity contribution in [2.45, 2.75) is 65.0 Å². The number of hydrogen-bond donors (Lipinski definition) is 1. The maximum atomic E-state index is 14.4. The van der Waals surface area contributed by atoms with Crippen LogP contribution in [0.2, 0.25) is 0 Å². The van der Waals surface area contributed by atoms with Gasteiger partial charge in [-0.15, -0.1) is 0 Å². The van der Waals surface area contributed by atoms with Crippen LogP contribution in [0, 0.1) is 5.92 Å². The van der Waals surface area contributed by atoms with Crippen LogP contribution in [0.5, 0.6) is 11.5 Å². The van der Waals surface area contributed by atoms with Gasteiger partial charge in [-0.2, -0.15) is 0 Å². The molecule has 9 heteroatoms. The number of carbonyl (C=O) groups is 3. The summed E-state index contributed by atoms with van der Waals surface area (Å²) in [5, 5.41) is 3.06. The first-order valence-corrected chi connectivity index (χ1v) is 17.3. The summed E-state index contributed by atoms with van der Waals surface area (Å²) in [7, 11) is 3.15. The second-order valence-electron chi connectivity index (χ2n) is 12.9. The molecule has 1 unspecified atom stereocenters. The SMILES string of the molecule is CCCCC(C)C(=O)NCCC[C@H](c1ccc(OC)c(OC)c1)N1C(=O)c2cccc(N3CCN([C@H](C)c4ccccc4)CC3)c2C1=O. The molecule has 1 fully saturated rings. The van der Waals surface area contributed by atoms with Crippen LogP contribution in [0.1, 0.15) is 96.8 Å². The van der Waals surface area contributed by atoms with Crippen molar-refractivity contribution in [1.29, 1.82) is 0 Å². The lowest BCUT2D eigenvalue weighted by molar-refractivity contribution is -0.124. The number of fused-ring (bicyclic) bond motifs is 1. The molecule has 256 valence electrons. The first-order valence-electron chi connectivity index (χ1n) is 17.3. The average Bonchev–Trinajstić information content (AvgIpc) is 3.39. The highest BCUT2D eigenvalue weighted by atomic mass is 16.5. The number of rotatable bonds is 15. The zero-order chi connectivity index (χ0) is 34.2. The van der Waals surface area contributed by atoms with Gasteiger partial charge in [0.2, 0.25) is 5.91 Å². The van der Waals surface area contributed by atoms with Crippen molar-refractivity contribution in [3.05, 3.63) is 89.0 Å². The number of benzene rings is 3. The summed E-state index contributed by atoms with van der Waals surface area (Å²) in [6, 6.07) is 21.4. The molecule has 0 saturated carbocycles. The number of imide groups is 1. The number of methoxy groups -OCH3 is 2. The quantitative estimate of drug-likeness (QED) is 0.145. The molecule has 0 spiro atoms. The van der Waals surface area contributed by atoms with Crippen LogP contribution in [0.15, 0.2) is 66.7 Å². The van der Waals surface area contributed by atoms with E-state index in [1.54, 1.807) is 26.4 Å². The summed E-state index contributed by atoms with van der Waals surface area (Å²) < 4.78 is 11.1. The van der Waals surface area contributed by atoms with Gasteiger partial charge in [-0.3, -0.25) is 24.2 Å². The van der Waals surface area contributed by atoms with Gasteiger partial charge < -0.3 is 19.7 Å². The van der Waals surface area contributed by atoms with Crippen molar-refractivity contribution >= 4 is 23.4 Å². The zero-order valence-electron chi connectivity index (χ0n) is 29.0. The highest BCUT2D eigenvalue weighted by molar-refractivity contribution is 6.24. The van der Waals surface area contributed by atoms with Crippen LogP contribution >= 0.6 is 0 Å². The van der Waals surface area contributed by atoms with Gasteiger partial charge in [-0.05, 0) is 61.6 Å². The summed E-state index contributed by atoms with van der Waals surface area (Å²) in [5.74, 6) is 0.490. The number of piperazine rings is 1. The van der Waals surface area contributed by atoms with Crippen molar-refractivity contribution in [1.82, 2.24) is 15.1 Å². The summed E-state index contributed by atoms with van der Waals surface area (Å²) in [5.41, 5.74) is 3.76. The third-order valence-corrected chi connectivity index (χ3v) is 9.90. The molecule has 9 nitrogen and oxygen atoms in total. The molecule has 3 aromatic rings. The number of nitrogens with one attached hydrogen (secondary N) is 1. The second kappa shape index (κ2) is 16.2. The third kappa shape index (κ3) is 7.51. The Morgan fingerprint density at radius 3 is 2.23 bits per heavy atom. The first kappa shape index (κ1) is 35.0. The Morgan fingerprint density at radius 1 is 0.812 bits per heavy atom. The van der Waals surface area contributed by atoms with Gasteiger partial charge in [0.05, 0.1) is 37.1 Å². The van der Waals surface area contributed by atoms with Gasteiger partial charge in [-0.1, -0.05) is 69.2 Å². The van der Waals surface area contributed by atoms with Gasteiger partial charge in [0, 0.05) is 44.7 Å². The Bertz CT molecular complexity index is 1570. The lowest BCUT2D eigenvalue weighted by Crippen LogP contribution is -2.47. The third-order valence-electron chi connectivity index (χ3n) is 9.90. The first-order chi connectivity index (χ1) is 23.3. The molecule has 48 heavy (non-hydrogen) atoms. The minimum Gasteiger partial charge on any atom is -0.493 e. The molecule has 3 amide bonds. The number of carbonyl (C=O) groups excluding carboxylic acids is 3. The molecular weight excluding hydrogens is 604 g/mol. The molecule has 3 aromatic carbocycles. The van der Waals surface area contributed by atoms with Crippen molar-refractivity contribution in [2.24, 2.45) is 5.92 Å². The van der Waals surface area contributed by atoms with Gasteiger partial charge >= 0.3 is 0 Å². The topological polar surface area (TPSA) is 91.4 Å². The standard InChI is InChI=1S/C39H50N4O5/c1-6-7-13-27(2)37(44)40-21-12-18-32(30-19-20-34(47-4)35(26-30)48-5)43-38(45)31-16-11-17-33(36(31)39(43)46)42-24-22-41(23-25-42)28(3)29-14-9-8-10-15-29/h8-11,14-17,19-20,26-28,32H,6-7,12-13,18,21-25H2,1-5H3,(H,40,44)/t27?,28-,32-/m1/s1. The molecule has 5 rings (SSSR count). The number of hydrogen-bond acceptors (Lipinski definition) is 7. The predicted molar refractivity (Wildman–Crippen MR) is 189 cm³/mol. The number of nitrogens with zero attached hydrogens (tertiary/aromatic N) is 3. The molecule has 0 bridgehead atoms. The summed E-state index contributed by atoms with van der Waals surface area (Å²) in [4.78, 5) is 47.3. The van der Waals surface area contributed by atoms with E-state index >= 15 is 0 Å². The van der Waals surface area contributed by atoms with Gasteiger partial charge in [-0.25, -0.2) is 0 Å². The Kier molecular flexibility index (Phi) is 11.8. The summed E-state index contributed by atoms with van der Waals surface area (Å²) >= 11 is 0. The van der Waals surface area contributed by atoms with E-state index in [4.69, 9.17) is 9.47 Å². The van der Waals surface area contributed by atoms with E-state index in [-0.39, 0.29) is 23.6 Å². The lowest BCUT2D eigenvalue weighted by atomic mass is 9.99. The van der Waals surface area contributed by atoms with E-state index in [0.717, 1.165) is 56.7 Å². The van der Waals surface area contributed by atoms with Crippen molar-refractivity contribution < 1.29 is 23.9 Å². The number of unbranched alkanes of at least 4 members (excludes halogenated alkanes) is 1. The van der Waals surface area contributed by atoms with Crippen LogP contribution in [-0.4, -0.2) is 74.5 Å². The molecule has 2 aliphatic heterocycles. The predicted octanol–water partition coefficient (Wildman–Crippen LogP) is 6.65. The Morgan fingerprint density at radius 2 is 1.54 bits per heavy atom. The van der Waals surface area contributed by atoms with Crippen LogP contribution < -0.4 is 19.7 Å². The molecule has 2 aliphatic rings. The summed E-state index contributed by atoms with van der Waals surface area (Å²) in [6.45, 7) is 9.98. The van der Waals surface area contributed by atoms with Gasteiger partial charge in [0.15, 0.2) is 11.5 Å². The van der Waals surface area contributed by atoms with Crippen molar-refractivity contribution in [3.8, 4) is 11.5 Å². The molecule has 3 atom stereocenters. The molecule has 1 N–H and O–H groups in total. The maximum Gasteiger partial charge on any atom is 0.264 e. The monoisotopic (exact) mass is 654 g/mol. The van der Waals surface area contributed by atoms with Crippen LogP contribution in [0.4, 0.5) is 5.69 Å². The minimum absolute atomic E-state index is 0.0368. The fraction of sp³-hybridized carbons (Fsp3) is 0.462. The fourth-order valence-corrected chi connectivity index (χ4v) is 6.95. The number of ether oxygens (including phenoxy) is 2. The van der Waals surface area contributed by atoms with E-state index < -0.39 is 6.04 Å². The van der Waals surface area contributed by atoms with Crippen LogP contribution in [0.3, 0.4) is 0 Å². The van der Waals surface area contributed by atoms with E-state index in [2.05, 4.69) is 53.2 Å². The smallest absolute Gasteiger partial charge is 0.264 e. The van der Waals surface area contributed by atoms with Crippen LogP contribution in [0.25, 0.3) is 0 Å². The fourth-order valence-electron chi connectivity index (χ4n) is 6.95. The van der Waals surface area contributed by atoms with Gasteiger partial charge in [0.25, 0.3) is 11.8 Å². The largest absolute Gasteiger partial charge is 0.493 e. The van der Waals surface area contributed by atoms with E-state index in [1.165, 1.54) is 10.5 Å². The highest BCUT2D eigenvalue weighted by Crippen LogP contribution is 2.40. The second-order valence-corrected chi connectivity index (χ2v) is 12.9. The molecular formula is C39H50N4O5. The Balaban J connectivity index is 1.35. The van der Waals surface area contributed by atoms with Crippen molar-refractivity contribution in [3.63, 3.8) is 0 Å². The zero-order valence-corrected chi connectivity index (χ0v) is 29.0. The molecule has 2 heterocycles. The van der Waals surface area contributed by atoms with Crippen LogP contribution in [-0.2, 0) is 4.79 Å². The van der Waals surface area contributed by atoms with E-state index in [1.807, 2.05) is 37.3 Å². The molecule has 1 saturated heterocycles. The van der Waals surface area contributed by atoms with Crippen molar-refractivity contribution in [2.75, 3.05) is 51.8 Å². The Labute approximate surface area is 285 Å². The molecule has 0 aliphatic carbocycles.